The summed E-state index contributed by atoms with van der Waals surface area (Å²) < 4.78 is 0. The van der Waals surface area contributed by atoms with Gasteiger partial charge in [-0.1, -0.05) is 6.07 Å². The fourth-order valence-electron chi connectivity index (χ4n) is 2.03. The van der Waals surface area contributed by atoms with Crippen LogP contribution in [0.5, 0.6) is 0 Å². The quantitative estimate of drug-likeness (QED) is 0.710. The molecule has 2 N–H and O–H groups in total. The first-order chi connectivity index (χ1) is 10.2. The highest BCUT2D eigenvalue weighted by Crippen LogP contribution is 2.17. The molecule has 1 aromatic carbocycles. The van der Waals surface area contributed by atoms with E-state index in [9.17, 15) is 9.59 Å². The molecule has 0 aliphatic rings. The third-order valence-corrected chi connectivity index (χ3v) is 4.01. The molecule has 2 aromatic heterocycles. The summed E-state index contributed by atoms with van der Waals surface area (Å²) in [5, 5.41) is 12.4. The van der Waals surface area contributed by atoms with Crippen molar-refractivity contribution >= 4 is 39.6 Å². The minimum Gasteiger partial charge on any atom is -0.326 e. The number of thiophene rings is 1. The summed E-state index contributed by atoms with van der Waals surface area (Å²) in [4.78, 5) is 24.4. The molecule has 0 saturated heterocycles. The Morgan fingerprint density at radius 1 is 1.24 bits per heavy atom. The van der Waals surface area contributed by atoms with Crippen LogP contribution in [0.25, 0.3) is 10.9 Å². The molecule has 0 atom stereocenters. The lowest BCUT2D eigenvalue weighted by Gasteiger charge is -2.04. The predicted molar refractivity (Wildman–Crippen MR) is 82.6 cm³/mol. The highest BCUT2D eigenvalue weighted by atomic mass is 32.1. The zero-order valence-electron chi connectivity index (χ0n) is 11.1. The number of benzene rings is 1. The molecular weight excluding hydrogens is 286 g/mol. The SMILES string of the molecule is O=C(CCC(=O)c1cccs1)Nc1ccc2cn[nH]c2c1. The molecule has 3 rings (SSSR count). The topological polar surface area (TPSA) is 74.8 Å². The number of hydrogen-bond acceptors (Lipinski definition) is 4. The van der Waals surface area contributed by atoms with Gasteiger partial charge in [0, 0.05) is 23.9 Å². The van der Waals surface area contributed by atoms with Crippen LogP contribution in [0.3, 0.4) is 0 Å². The van der Waals surface area contributed by atoms with Crippen LogP contribution in [0.15, 0.2) is 41.9 Å². The molecule has 5 nitrogen and oxygen atoms in total. The van der Waals surface area contributed by atoms with Crippen molar-refractivity contribution in [1.29, 1.82) is 0 Å². The first-order valence-electron chi connectivity index (χ1n) is 6.52. The smallest absolute Gasteiger partial charge is 0.224 e. The second-order valence-corrected chi connectivity index (χ2v) is 5.57. The zero-order valence-corrected chi connectivity index (χ0v) is 11.9. The highest BCUT2D eigenvalue weighted by molar-refractivity contribution is 7.12. The van der Waals surface area contributed by atoms with Gasteiger partial charge in [-0.2, -0.15) is 5.10 Å². The number of nitrogens with one attached hydrogen (secondary N) is 2. The number of fused-ring (bicyclic) bond motifs is 1. The fraction of sp³-hybridized carbons (Fsp3) is 0.133. The Bertz CT molecular complexity index is 777. The molecule has 106 valence electrons. The van der Waals surface area contributed by atoms with Crippen molar-refractivity contribution in [2.45, 2.75) is 12.8 Å². The third kappa shape index (κ3) is 3.17. The van der Waals surface area contributed by atoms with Gasteiger partial charge in [-0.15, -0.1) is 11.3 Å². The molecule has 3 aromatic rings. The Morgan fingerprint density at radius 3 is 2.95 bits per heavy atom. The van der Waals surface area contributed by atoms with E-state index in [1.165, 1.54) is 11.3 Å². The maximum absolute atomic E-state index is 11.9. The van der Waals surface area contributed by atoms with E-state index in [2.05, 4.69) is 15.5 Å². The molecule has 1 amide bonds. The number of Topliss-reactive ketones (excluding diaryl/α,β-unsaturated/α-hetero) is 1. The van der Waals surface area contributed by atoms with E-state index >= 15 is 0 Å². The number of carbonyl (C=O) groups is 2. The fourth-order valence-corrected chi connectivity index (χ4v) is 2.72. The minimum atomic E-state index is -0.168. The second kappa shape index (κ2) is 5.88. The molecule has 0 bridgehead atoms. The molecule has 0 aliphatic heterocycles. The van der Waals surface area contributed by atoms with Crippen LogP contribution in [0.4, 0.5) is 5.69 Å². The monoisotopic (exact) mass is 299 g/mol. The van der Waals surface area contributed by atoms with E-state index in [0.717, 1.165) is 10.9 Å². The molecule has 0 unspecified atom stereocenters. The summed E-state index contributed by atoms with van der Waals surface area (Å²) in [7, 11) is 0. The zero-order chi connectivity index (χ0) is 14.7. The Kier molecular flexibility index (Phi) is 3.79. The first-order valence-corrected chi connectivity index (χ1v) is 7.40. The minimum absolute atomic E-state index is 0.00386. The lowest BCUT2D eigenvalue weighted by atomic mass is 10.2. The summed E-state index contributed by atoms with van der Waals surface area (Å²) >= 11 is 1.40. The van der Waals surface area contributed by atoms with Crippen molar-refractivity contribution in [2.75, 3.05) is 5.32 Å². The van der Waals surface area contributed by atoms with Crippen molar-refractivity contribution in [3.8, 4) is 0 Å². The summed E-state index contributed by atoms with van der Waals surface area (Å²) in [5.41, 5.74) is 1.56. The van der Waals surface area contributed by atoms with Gasteiger partial charge in [-0.25, -0.2) is 0 Å². The lowest BCUT2D eigenvalue weighted by Crippen LogP contribution is -2.13. The number of amides is 1. The predicted octanol–water partition coefficient (Wildman–Crippen LogP) is 3.23. The summed E-state index contributed by atoms with van der Waals surface area (Å²) in [6, 6.07) is 9.12. The number of H-pyrrole nitrogens is 1. The molecule has 6 heteroatoms. The second-order valence-electron chi connectivity index (χ2n) is 4.62. The standard InChI is InChI=1S/C15H13N3O2S/c19-13(14-2-1-7-21-14)5-6-15(20)17-11-4-3-10-9-16-18-12(10)8-11/h1-4,7-9H,5-6H2,(H,16,18)(H,17,20). The van der Waals surface area contributed by atoms with Crippen LogP contribution in [-0.2, 0) is 4.79 Å². The normalized spacial score (nSPS) is 10.7. The van der Waals surface area contributed by atoms with Gasteiger partial charge in [-0.3, -0.25) is 14.7 Å². The molecular formula is C15H13N3O2S. The molecule has 2 heterocycles. The molecule has 0 saturated carbocycles. The third-order valence-electron chi connectivity index (χ3n) is 3.10. The molecule has 0 radical (unpaired) electrons. The number of anilines is 1. The number of nitrogens with zero attached hydrogens (tertiary/aromatic N) is 1. The van der Waals surface area contributed by atoms with Crippen LogP contribution in [0.1, 0.15) is 22.5 Å². The van der Waals surface area contributed by atoms with Gasteiger partial charge in [0.2, 0.25) is 5.91 Å². The van der Waals surface area contributed by atoms with Crippen molar-refractivity contribution in [3.63, 3.8) is 0 Å². The summed E-state index contributed by atoms with van der Waals surface area (Å²) in [6.07, 6.45) is 2.12. The lowest BCUT2D eigenvalue weighted by molar-refractivity contribution is -0.116. The van der Waals surface area contributed by atoms with Crippen LogP contribution in [-0.4, -0.2) is 21.9 Å². The Balaban J connectivity index is 1.57. The summed E-state index contributed by atoms with van der Waals surface area (Å²) in [5.74, 6) is -0.164. The van der Waals surface area contributed by atoms with Gasteiger partial charge >= 0.3 is 0 Å². The maximum atomic E-state index is 11.9. The van der Waals surface area contributed by atoms with Crippen LogP contribution in [0.2, 0.25) is 0 Å². The molecule has 21 heavy (non-hydrogen) atoms. The van der Waals surface area contributed by atoms with Crippen molar-refractivity contribution < 1.29 is 9.59 Å². The average Bonchev–Trinajstić information content (AvgIpc) is 3.15. The largest absolute Gasteiger partial charge is 0.326 e. The van der Waals surface area contributed by atoms with E-state index in [1.807, 2.05) is 29.6 Å². The Morgan fingerprint density at radius 2 is 2.14 bits per heavy atom. The summed E-state index contributed by atoms with van der Waals surface area (Å²) in [6.45, 7) is 0. The number of aromatic amines is 1. The molecule has 0 aliphatic carbocycles. The number of aromatic nitrogens is 2. The highest BCUT2D eigenvalue weighted by Gasteiger charge is 2.10. The molecule has 0 spiro atoms. The maximum Gasteiger partial charge on any atom is 0.224 e. The average molecular weight is 299 g/mol. The van der Waals surface area contributed by atoms with E-state index in [4.69, 9.17) is 0 Å². The van der Waals surface area contributed by atoms with Crippen molar-refractivity contribution in [3.05, 3.63) is 46.8 Å². The Labute approximate surface area is 125 Å². The van der Waals surface area contributed by atoms with Gasteiger partial charge < -0.3 is 5.32 Å². The van der Waals surface area contributed by atoms with Crippen LogP contribution >= 0.6 is 11.3 Å². The van der Waals surface area contributed by atoms with E-state index in [-0.39, 0.29) is 24.5 Å². The molecule has 0 fully saturated rings. The first kappa shape index (κ1) is 13.5. The van der Waals surface area contributed by atoms with Gasteiger partial charge in [0.1, 0.15) is 0 Å². The van der Waals surface area contributed by atoms with Crippen LogP contribution in [0, 0.1) is 0 Å². The number of rotatable bonds is 5. The van der Waals surface area contributed by atoms with E-state index in [1.54, 1.807) is 12.3 Å². The Hall–Kier alpha value is -2.47. The van der Waals surface area contributed by atoms with E-state index in [0.29, 0.717) is 10.6 Å². The van der Waals surface area contributed by atoms with Crippen LogP contribution < -0.4 is 5.32 Å². The van der Waals surface area contributed by atoms with E-state index < -0.39 is 0 Å². The number of hydrogen-bond donors (Lipinski definition) is 2. The van der Waals surface area contributed by atoms with Crippen molar-refractivity contribution in [2.24, 2.45) is 0 Å². The number of carbonyl (C=O) groups excluding carboxylic acids is 2. The van der Waals surface area contributed by atoms with Gasteiger partial charge in [0.05, 0.1) is 16.6 Å². The van der Waals surface area contributed by atoms with Crippen molar-refractivity contribution in [1.82, 2.24) is 10.2 Å². The van der Waals surface area contributed by atoms with Gasteiger partial charge in [0.15, 0.2) is 5.78 Å². The van der Waals surface area contributed by atoms with Gasteiger partial charge in [-0.05, 0) is 29.6 Å². The number of ketones is 1. The van der Waals surface area contributed by atoms with Gasteiger partial charge in [0.25, 0.3) is 0 Å².